The highest BCUT2D eigenvalue weighted by atomic mass is 32.1. The lowest BCUT2D eigenvalue weighted by atomic mass is 10.2. The van der Waals surface area contributed by atoms with Gasteiger partial charge in [0.25, 0.3) is 0 Å². The number of hydrogen-bond donors (Lipinski definition) is 1. The molecule has 108 valence electrons. The number of nitrogens with zero attached hydrogens (tertiary/aromatic N) is 2. The van der Waals surface area contributed by atoms with E-state index in [1.807, 2.05) is 4.90 Å². The molecule has 0 fully saturated rings. The zero-order valence-electron chi connectivity index (χ0n) is 10.7. The van der Waals surface area contributed by atoms with Crippen molar-refractivity contribution in [3.63, 3.8) is 0 Å². The molecule has 1 aliphatic heterocycles. The molecule has 0 saturated heterocycles. The third-order valence-electron chi connectivity index (χ3n) is 3.08. The lowest BCUT2D eigenvalue weighted by molar-refractivity contribution is 0.0702. The van der Waals surface area contributed by atoms with Gasteiger partial charge in [-0.15, -0.1) is 11.3 Å². The van der Waals surface area contributed by atoms with Gasteiger partial charge in [0.15, 0.2) is 11.6 Å². The topological polar surface area (TPSA) is 52.9 Å². The van der Waals surface area contributed by atoms with Gasteiger partial charge in [-0.25, -0.2) is 18.6 Å². The van der Waals surface area contributed by atoms with Crippen LogP contribution in [0.3, 0.4) is 0 Å². The van der Waals surface area contributed by atoms with Crippen LogP contribution >= 0.6 is 11.3 Å². The van der Waals surface area contributed by atoms with Gasteiger partial charge in [0.1, 0.15) is 9.88 Å². The predicted molar refractivity (Wildman–Crippen MR) is 75.0 cm³/mol. The molecule has 0 spiro atoms. The van der Waals surface area contributed by atoms with E-state index in [0.717, 1.165) is 29.0 Å². The molecule has 2 aromatic rings. The van der Waals surface area contributed by atoms with Gasteiger partial charge in [-0.2, -0.15) is 0 Å². The molecule has 1 aliphatic rings. The quantitative estimate of drug-likeness (QED) is 0.945. The molecule has 0 aliphatic carbocycles. The van der Waals surface area contributed by atoms with E-state index in [1.54, 1.807) is 12.4 Å². The minimum atomic E-state index is -0.975. The number of halogens is 2. The third-order valence-corrected chi connectivity index (χ3v) is 4.15. The van der Waals surface area contributed by atoms with Crippen molar-refractivity contribution >= 4 is 28.6 Å². The number of hydrogen-bond acceptors (Lipinski definition) is 4. The van der Waals surface area contributed by atoms with Crippen LogP contribution in [0.2, 0.25) is 0 Å². The Bertz CT molecular complexity index is 743. The van der Waals surface area contributed by atoms with Crippen LogP contribution in [0.4, 0.5) is 13.8 Å². The van der Waals surface area contributed by atoms with Crippen molar-refractivity contribution in [1.82, 2.24) is 4.90 Å². The average Bonchev–Trinajstić information content (AvgIpc) is 2.86. The van der Waals surface area contributed by atoms with Gasteiger partial charge in [-0.1, -0.05) is 6.07 Å². The first-order valence-corrected chi connectivity index (χ1v) is 6.93. The maximum absolute atomic E-state index is 13.2. The average molecular weight is 308 g/mol. The first kappa shape index (κ1) is 13.7. The van der Waals surface area contributed by atoms with Gasteiger partial charge >= 0.3 is 5.97 Å². The standard InChI is InChI=1S/C14H10F2N2O2S/c15-10-2-1-8(3-11(10)16)5-18-6-9-4-12(14(19)20)21-13(9)17-7-18/h1-4,7H,5-6H2,(H,19,20). The molecule has 1 N–H and O–H groups in total. The molecule has 0 bridgehead atoms. The van der Waals surface area contributed by atoms with Crippen LogP contribution in [0.5, 0.6) is 0 Å². The van der Waals surface area contributed by atoms with Crippen molar-refractivity contribution in [2.24, 2.45) is 4.99 Å². The van der Waals surface area contributed by atoms with Crippen LogP contribution in [0.15, 0.2) is 29.3 Å². The second-order valence-corrected chi connectivity index (χ2v) is 5.67. The Hall–Kier alpha value is -2.28. The summed E-state index contributed by atoms with van der Waals surface area (Å²) in [5, 5.41) is 9.63. The molecule has 2 heterocycles. The molecule has 0 amide bonds. The van der Waals surface area contributed by atoms with Crippen LogP contribution < -0.4 is 0 Å². The highest BCUT2D eigenvalue weighted by molar-refractivity contribution is 7.17. The zero-order chi connectivity index (χ0) is 15.0. The number of carboxylic acid groups (broad SMARTS) is 1. The van der Waals surface area contributed by atoms with Crippen molar-refractivity contribution < 1.29 is 18.7 Å². The minimum Gasteiger partial charge on any atom is -0.477 e. The summed E-state index contributed by atoms with van der Waals surface area (Å²) in [7, 11) is 0. The molecular weight excluding hydrogens is 298 g/mol. The number of carboxylic acids is 1. The molecule has 0 saturated carbocycles. The molecule has 7 heteroatoms. The smallest absolute Gasteiger partial charge is 0.345 e. The highest BCUT2D eigenvalue weighted by Crippen LogP contribution is 2.34. The summed E-state index contributed by atoms with van der Waals surface area (Å²) in [6.45, 7) is 0.861. The lowest BCUT2D eigenvalue weighted by Crippen LogP contribution is -2.22. The fourth-order valence-corrected chi connectivity index (χ4v) is 2.96. The Morgan fingerprint density at radius 1 is 1.33 bits per heavy atom. The van der Waals surface area contributed by atoms with Crippen molar-refractivity contribution in [3.05, 3.63) is 51.9 Å². The number of carbonyl (C=O) groups is 1. The summed E-state index contributed by atoms with van der Waals surface area (Å²) >= 11 is 1.12. The SMILES string of the molecule is O=C(O)c1cc2c(s1)N=CN(Cc1ccc(F)c(F)c1)C2. The van der Waals surface area contributed by atoms with Gasteiger partial charge < -0.3 is 10.0 Å². The van der Waals surface area contributed by atoms with Crippen LogP contribution in [-0.2, 0) is 13.1 Å². The van der Waals surface area contributed by atoms with Crippen molar-refractivity contribution in [1.29, 1.82) is 0 Å². The van der Waals surface area contributed by atoms with Crippen molar-refractivity contribution in [2.45, 2.75) is 13.1 Å². The Balaban J connectivity index is 1.76. The largest absolute Gasteiger partial charge is 0.477 e. The number of benzene rings is 1. The van der Waals surface area contributed by atoms with Gasteiger partial charge in [0.05, 0.1) is 6.34 Å². The number of rotatable bonds is 3. The molecule has 1 aromatic heterocycles. The van der Waals surface area contributed by atoms with Crippen LogP contribution in [0.1, 0.15) is 20.8 Å². The van der Waals surface area contributed by atoms with E-state index in [4.69, 9.17) is 5.11 Å². The Morgan fingerprint density at radius 2 is 2.14 bits per heavy atom. The summed E-state index contributed by atoms with van der Waals surface area (Å²) in [5.74, 6) is -2.74. The molecule has 0 atom stereocenters. The molecule has 1 aromatic carbocycles. The number of thiophene rings is 1. The first-order chi connectivity index (χ1) is 10.0. The normalized spacial score (nSPS) is 13.3. The van der Waals surface area contributed by atoms with Crippen LogP contribution in [0, 0.1) is 11.6 Å². The Morgan fingerprint density at radius 3 is 2.86 bits per heavy atom. The molecule has 0 radical (unpaired) electrons. The fraction of sp³-hybridized carbons (Fsp3) is 0.143. The zero-order valence-corrected chi connectivity index (χ0v) is 11.5. The van der Waals surface area contributed by atoms with E-state index in [9.17, 15) is 13.6 Å². The Labute approximate surface area is 123 Å². The van der Waals surface area contributed by atoms with Gasteiger partial charge in [-0.05, 0) is 23.8 Å². The molecular formula is C14H10F2N2O2S. The van der Waals surface area contributed by atoms with E-state index in [2.05, 4.69) is 4.99 Å². The fourth-order valence-electron chi connectivity index (χ4n) is 2.11. The minimum absolute atomic E-state index is 0.242. The van der Waals surface area contributed by atoms with Gasteiger partial charge in [0.2, 0.25) is 0 Å². The number of aromatic carboxylic acids is 1. The van der Waals surface area contributed by atoms with Crippen molar-refractivity contribution in [3.8, 4) is 0 Å². The molecule has 3 rings (SSSR count). The van der Waals surface area contributed by atoms with Crippen LogP contribution in [-0.4, -0.2) is 22.3 Å². The monoisotopic (exact) mass is 308 g/mol. The maximum atomic E-state index is 13.2. The van der Waals surface area contributed by atoms with E-state index in [1.165, 1.54) is 6.07 Å². The van der Waals surface area contributed by atoms with E-state index in [0.29, 0.717) is 23.7 Å². The summed E-state index contributed by atoms with van der Waals surface area (Å²) in [4.78, 5) is 17.2. The number of aliphatic imine (C=N–C) groups is 1. The van der Waals surface area contributed by atoms with E-state index < -0.39 is 17.6 Å². The summed E-state index contributed by atoms with van der Waals surface area (Å²) in [6, 6.07) is 5.34. The third kappa shape index (κ3) is 2.78. The van der Waals surface area contributed by atoms with Crippen LogP contribution in [0.25, 0.3) is 0 Å². The first-order valence-electron chi connectivity index (χ1n) is 6.11. The molecule has 4 nitrogen and oxygen atoms in total. The highest BCUT2D eigenvalue weighted by Gasteiger charge is 2.18. The predicted octanol–water partition coefficient (Wildman–Crippen LogP) is 3.40. The number of fused-ring (bicyclic) bond motifs is 1. The lowest BCUT2D eigenvalue weighted by Gasteiger charge is -2.22. The van der Waals surface area contributed by atoms with Gasteiger partial charge in [0, 0.05) is 18.7 Å². The summed E-state index contributed by atoms with van der Waals surface area (Å²) < 4.78 is 26.1. The van der Waals surface area contributed by atoms with Gasteiger partial charge in [-0.3, -0.25) is 0 Å². The maximum Gasteiger partial charge on any atom is 0.345 e. The second-order valence-electron chi connectivity index (χ2n) is 4.64. The molecule has 0 unspecified atom stereocenters. The van der Waals surface area contributed by atoms with E-state index in [-0.39, 0.29) is 4.88 Å². The summed E-state index contributed by atoms with van der Waals surface area (Å²) in [6.07, 6.45) is 1.59. The van der Waals surface area contributed by atoms with E-state index >= 15 is 0 Å². The Kier molecular flexibility index (Phi) is 3.42. The van der Waals surface area contributed by atoms with Crippen molar-refractivity contribution in [2.75, 3.05) is 0 Å². The summed E-state index contributed by atoms with van der Waals surface area (Å²) in [5.41, 5.74) is 1.44. The second kappa shape index (κ2) is 5.25. The molecule has 21 heavy (non-hydrogen) atoms.